The molecule has 3 heterocycles. The van der Waals surface area contributed by atoms with Crippen molar-refractivity contribution in [2.45, 2.75) is 19.4 Å². The van der Waals surface area contributed by atoms with Crippen LogP contribution < -0.4 is 10.2 Å². The van der Waals surface area contributed by atoms with E-state index < -0.39 is 0 Å². The molecule has 7 nitrogen and oxygen atoms in total. The normalized spacial score (nSPS) is 16.8. The molecule has 2 aliphatic rings. The topological polar surface area (TPSA) is 78.4 Å². The van der Waals surface area contributed by atoms with Crippen LogP contribution in [0.4, 0.5) is 10.6 Å². The molecule has 0 atom stereocenters. The zero-order chi connectivity index (χ0) is 17.9. The number of hydrogen-bond acceptors (Lipinski definition) is 4. The minimum absolute atomic E-state index is 0.0181. The van der Waals surface area contributed by atoms with Crippen LogP contribution in [0.5, 0.6) is 0 Å². The third kappa shape index (κ3) is 3.66. The van der Waals surface area contributed by atoms with Crippen LogP contribution in [-0.4, -0.2) is 46.4 Å². The first-order valence-corrected chi connectivity index (χ1v) is 8.91. The van der Waals surface area contributed by atoms with E-state index in [1.165, 1.54) is 12.8 Å². The lowest BCUT2D eigenvalue weighted by molar-refractivity contribution is 0.0950. The van der Waals surface area contributed by atoms with Crippen molar-refractivity contribution in [3.05, 3.63) is 54.0 Å². The van der Waals surface area contributed by atoms with Crippen molar-refractivity contribution < 1.29 is 9.59 Å². The number of amides is 3. The van der Waals surface area contributed by atoms with Crippen LogP contribution in [0.2, 0.25) is 0 Å². The first-order chi connectivity index (χ1) is 12.7. The van der Waals surface area contributed by atoms with E-state index in [9.17, 15) is 9.59 Å². The molecule has 1 saturated heterocycles. The van der Waals surface area contributed by atoms with Gasteiger partial charge < -0.3 is 10.2 Å². The van der Waals surface area contributed by atoms with Crippen LogP contribution in [0.3, 0.4) is 0 Å². The summed E-state index contributed by atoms with van der Waals surface area (Å²) < 4.78 is 0. The summed E-state index contributed by atoms with van der Waals surface area (Å²) in [6, 6.07) is 8.88. The predicted octanol–water partition coefficient (Wildman–Crippen LogP) is 2.06. The van der Waals surface area contributed by atoms with E-state index in [1.807, 2.05) is 23.1 Å². The highest BCUT2D eigenvalue weighted by Gasteiger charge is 2.34. The van der Waals surface area contributed by atoms with Crippen LogP contribution in [-0.2, 0) is 6.54 Å². The Kier molecular flexibility index (Phi) is 4.51. The fraction of sp³-hybridized carbons (Fsp3) is 0.368. The number of carbonyl (C=O) groups is 2. The number of nitrogens with one attached hydrogen (secondary N) is 1. The molecule has 134 valence electrons. The average molecular weight is 351 g/mol. The van der Waals surface area contributed by atoms with Crippen molar-refractivity contribution in [3.63, 3.8) is 0 Å². The maximum Gasteiger partial charge on any atom is 0.325 e. The molecule has 0 bridgehead atoms. The van der Waals surface area contributed by atoms with Gasteiger partial charge in [0.25, 0.3) is 5.91 Å². The van der Waals surface area contributed by atoms with Crippen molar-refractivity contribution in [2.75, 3.05) is 24.5 Å². The second-order valence-electron chi connectivity index (χ2n) is 6.73. The first kappa shape index (κ1) is 16.5. The summed E-state index contributed by atoms with van der Waals surface area (Å²) in [5.41, 5.74) is 1.28. The molecule has 2 aromatic heterocycles. The lowest BCUT2D eigenvalue weighted by atomic mass is 10.2. The van der Waals surface area contributed by atoms with Gasteiger partial charge in [0.15, 0.2) is 0 Å². The Morgan fingerprint density at radius 1 is 1.15 bits per heavy atom. The van der Waals surface area contributed by atoms with E-state index in [2.05, 4.69) is 15.3 Å². The highest BCUT2D eigenvalue weighted by molar-refractivity contribution is 5.97. The van der Waals surface area contributed by atoms with Gasteiger partial charge in [0.2, 0.25) is 0 Å². The number of nitrogens with zero attached hydrogens (tertiary/aromatic N) is 4. The largest absolute Gasteiger partial charge is 0.346 e. The highest BCUT2D eigenvalue weighted by atomic mass is 16.2. The number of urea groups is 1. The van der Waals surface area contributed by atoms with Gasteiger partial charge in [0.05, 0.1) is 12.2 Å². The Hall–Kier alpha value is -2.96. The van der Waals surface area contributed by atoms with Crippen LogP contribution in [0, 0.1) is 5.92 Å². The molecule has 0 radical (unpaired) electrons. The molecule has 26 heavy (non-hydrogen) atoms. The summed E-state index contributed by atoms with van der Waals surface area (Å²) in [5.74, 6) is 0.982. The molecule has 4 rings (SSSR count). The number of hydrogen-bond donors (Lipinski definition) is 1. The monoisotopic (exact) mass is 351 g/mol. The quantitative estimate of drug-likeness (QED) is 0.864. The smallest absolute Gasteiger partial charge is 0.325 e. The van der Waals surface area contributed by atoms with Crippen molar-refractivity contribution in [1.82, 2.24) is 20.2 Å². The summed E-state index contributed by atoms with van der Waals surface area (Å²) in [4.78, 5) is 37.0. The Balaban J connectivity index is 1.41. The lowest BCUT2D eigenvalue weighted by Gasteiger charge is -2.18. The third-order valence-corrected chi connectivity index (χ3v) is 4.71. The van der Waals surface area contributed by atoms with Crippen molar-refractivity contribution in [3.8, 4) is 0 Å². The molecular weight excluding hydrogens is 330 g/mol. The fourth-order valence-electron chi connectivity index (χ4n) is 3.06. The van der Waals surface area contributed by atoms with Gasteiger partial charge in [0, 0.05) is 37.6 Å². The lowest BCUT2D eigenvalue weighted by Crippen LogP contribution is -2.33. The highest BCUT2D eigenvalue weighted by Crippen LogP contribution is 2.31. The van der Waals surface area contributed by atoms with Crippen molar-refractivity contribution in [2.24, 2.45) is 5.92 Å². The summed E-state index contributed by atoms with van der Waals surface area (Å²) in [7, 11) is 0. The van der Waals surface area contributed by atoms with E-state index in [0.29, 0.717) is 36.9 Å². The summed E-state index contributed by atoms with van der Waals surface area (Å²) in [5, 5.41) is 2.84. The minimum Gasteiger partial charge on any atom is -0.346 e. The van der Waals surface area contributed by atoms with E-state index in [-0.39, 0.29) is 11.9 Å². The summed E-state index contributed by atoms with van der Waals surface area (Å²) in [6.07, 6.45) is 5.70. The Labute approximate surface area is 152 Å². The minimum atomic E-state index is -0.208. The zero-order valence-electron chi connectivity index (χ0n) is 14.5. The number of anilines is 1. The van der Waals surface area contributed by atoms with E-state index in [0.717, 1.165) is 12.2 Å². The number of aromatic nitrogens is 2. The molecule has 1 aliphatic heterocycles. The van der Waals surface area contributed by atoms with E-state index >= 15 is 0 Å². The average Bonchev–Trinajstić information content (AvgIpc) is 3.43. The van der Waals surface area contributed by atoms with E-state index in [4.69, 9.17) is 0 Å². The van der Waals surface area contributed by atoms with Crippen molar-refractivity contribution >= 4 is 17.8 Å². The number of rotatable bonds is 6. The first-order valence-electron chi connectivity index (χ1n) is 8.91. The molecule has 1 N–H and O–H groups in total. The molecule has 3 amide bonds. The van der Waals surface area contributed by atoms with Crippen LogP contribution >= 0.6 is 0 Å². The molecule has 2 fully saturated rings. The SMILES string of the molecule is O=C(NCc1ccccn1)c1ccnc(N2CCN(CC3CC3)C2=O)c1. The van der Waals surface area contributed by atoms with Gasteiger partial charge >= 0.3 is 6.03 Å². The molecule has 1 saturated carbocycles. The summed E-state index contributed by atoms with van der Waals surface area (Å²) in [6.45, 7) is 2.51. The van der Waals surface area contributed by atoms with Gasteiger partial charge in [-0.3, -0.25) is 14.7 Å². The molecule has 1 aliphatic carbocycles. The maximum absolute atomic E-state index is 12.6. The van der Waals surface area contributed by atoms with Gasteiger partial charge in [-0.05, 0) is 43.0 Å². The molecular formula is C19H21N5O2. The van der Waals surface area contributed by atoms with Gasteiger partial charge in [-0.25, -0.2) is 9.78 Å². The van der Waals surface area contributed by atoms with Crippen molar-refractivity contribution in [1.29, 1.82) is 0 Å². The maximum atomic E-state index is 12.6. The van der Waals surface area contributed by atoms with Crippen LogP contribution in [0.15, 0.2) is 42.7 Å². The predicted molar refractivity (Wildman–Crippen MR) is 96.7 cm³/mol. The Morgan fingerprint density at radius 2 is 2.04 bits per heavy atom. The Bertz CT molecular complexity index is 807. The second kappa shape index (κ2) is 7.11. The van der Waals surface area contributed by atoms with Crippen LogP contribution in [0.25, 0.3) is 0 Å². The molecule has 0 spiro atoms. The van der Waals surface area contributed by atoms with Gasteiger partial charge in [0.1, 0.15) is 5.82 Å². The van der Waals surface area contributed by atoms with Gasteiger partial charge in [-0.2, -0.15) is 0 Å². The van der Waals surface area contributed by atoms with E-state index in [1.54, 1.807) is 29.4 Å². The molecule has 2 aromatic rings. The summed E-state index contributed by atoms with van der Waals surface area (Å²) >= 11 is 0. The van der Waals surface area contributed by atoms with Crippen LogP contribution in [0.1, 0.15) is 28.9 Å². The second-order valence-corrected chi connectivity index (χ2v) is 6.73. The standard InChI is InChI=1S/C19H21N5O2/c25-18(22-12-16-3-1-2-7-20-16)15-6-8-21-17(11-15)24-10-9-23(19(24)26)13-14-4-5-14/h1-3,6-8,11,14H,4-5,9-10,12-13H2,(H,22,25). The zero-order valence-corrected chi connectivity index (χ0v) is 14.5. The molecule has 7 heteroatoms. The number of carbonyl (C=O) groups excluding carboxylic acids is 2. The Morgan fingerprint density at radius 3 is 2.81 bits per heavy atom. The molecule has 0 aromatic carbocycles. The van der Waals surface area contributed by atoms with Gasteiger partial charge in [-0.1, -0.05) is 6.07 Å². The number of pyridine rings is 2. The fourth-order valence-corrected chi connectivity index (χ4v) is 3.06. The van der Waals surface area contributed by atoms with Gasteiger partial charge in [-0.15, -0.1) is 0 Å². The third-order valence-electron chi connectivity index (χ3n) is 4.71. The molecule has 0 unspecified atom stereocenters.